The Labute approximate surface area is 421 Å². The van der Waals surface area contributed by atoms with Crippen LogP contribution in [0.5, 0.6) is 97.7 Å². The highest BCUT2D eigenvalue weighted by molar-refractivity contribution is 5.81. The number of hydrogen-bond acceptors (Lipinski definition) is 21. The van der Waals surface area contributed by atoms with Gasteiger partial charge in [-0.3, -0.25) is 4.79 Å². The summed E-state index contributed by atoms with van der Waals surface area (Å²) in [6.07, 6.45) is -11.0. The molecule has 4 aliphatic rings. The van der Waals surface area contributed by atoms with Gasteiger partial charge in [-0.05, 0) is 70.8 Å². The molecule has 21 heteroatoms. The van der Waals surface area contributed by atoms with E-state index in [0.29, 0.717) is 0 Å². The summed E-state index contributed by atoms with van der Waals surface area (Å²) < 4.78 is 25.3. The maximum Gasteiger partial charge on any atom is 0.312 e. The highest BCUT2D eigenvalue weighted by Crippen LogP contribution is 2.64. The number of carbonyl (C=O) groups is 1. The Bertz CT molecular complexity index is 3540. The van der Waals surface area contributed by atoms with Crippen LogP contribution in [0.2, 0.25) is 0 Å². The third kappa shape index (κ3) is 7.62. The minimum atomic E-state index is -1.99. The average Bonchev–Trinajstić information content (AvgIpc) is 3.35. The van der Waals surface area contributed by atoms with Crippen LogP contribution in [-0.2, 0) is 11.2 Å². The molecule has 0 bridgehead atoms. The fourth-order valence-corrected chi connectivity index (χ4v) is 10.9. The first kappa shape index (κ1) is 48.0. The number of benzene rings is 7. The molecule has 4 heterocycles. The van der Waals surface area contributed by atoms with E-state index in [1.807, 2.05) is 0 Å². The van der Waals surface area contributed by atoms with Crippen LogP contribution in [0.4, 0.5) is 0 Å². The Hall–Kier alpha value is -9.31. The van der Waals surface area contributed by atoms with Crippen LogP contribution in [0.1, 0.15) is 98.1 Å². The number of carbonyl (C=O) groups excluding carboxylic acids is 1. The smallest absolute Gasteiger partial charge is 0.312 e. The Morgan fingerprint density at radius 1 is 0.360 bits per heavy atom. The standard InChI is InChI=1S/C54H44O21/c55-24-5-1-18(9-29(24)60)22-14-39(69)72-38-17-36(67)44-46(48(71)50(74-53(44)40(22)38)20-3-7-26(57)31(62)11-20)43-35(66)16-34(65)42-45(47(70)51(75-54(42)43)21-4-8-27(58)32(63)12-21)41-33(64)15-28(59)23-13-37(68)49(73-52(23)41)19-2-6-25(56)30(61)10-19/h1-12,15-17,22,37,45-51,55-68,70-71H,13-14H2/t22-,37+,45-,46-,47+,48+,49+,50+,51+/m0/s1. The number of phenols is 13. The van der Waals surface area contributed by atoms with Gasteiger partial charge in [0.2, 0.25) is 0 Å². The van der Waals surface area contributed by atoms with E-state index < -0.39 is 158 Å². The van der Waals surface area contributed by atoms with Crippen LogP contribution in [0.15, 0.2) is 91.0 Å². The summed E-state index contributed by atoms with van der Waals surface area (Å²) in [5.74, 6) is -15.2. The number of rotatable bonds is 6. The number of phenolic OH excluding ortho intramolecular Hbond substituents is 13. The van der Waals surface area contributed by atoms with Crippen molar-refractivity contribution in [1.82, 2.24) is 0 Å². The van der Waals surface area contributed by atoms with Crippen molar-refractivity contribution >= 4 is 5.97 Å². The molecule has 11 rings (SSSR count). The second-order valence-electron chi connectivity index (χ2n) is 18.8. The van der Waals surface area contributed by atoms with Crippen LogP contribution in [0, 0.1) is 0 Å². The summed E-state index contributed by atoms with van der Waals surface area (Å²) in [5.41, 5.74) is -1.30. The summed E-state index contributed by atoms with van der Waals surface area (Å²) >= 11 is 0. The molecule has 9 atom stereocenters. The van der Waals surface area contributed by atoms with E-state index in [2.05, 4.69) is 0 Å². The van der Waals surface area contributed by atoms with Gasteiger partial charge in [0.1, 0.15) is 70.1 Å². The van der Waals surface area contributed by atoms with Crippen molar-refractivity contribution < 1.29 is 105 Å². The fourth-order valence-electron chi connectivity index (χ4n) is 10.9. The summed E-state index contributed by atoms with van der Waals surface area (Å²) in [6.45, 7) is 0. The molecular formula is C54H44O21. The number of ether oxygens (including phenoxy) is 4. The van der Waals surface area contributed by atoms with E-state index in [1.165, 1.54) is 36.4 Å². The molecule has 0 saturated carbocycles. The average molecular weight is 1030 g/mol. The topological polar surface area (TPSA) is 378 Å². The fraction of sp³-hybridized carbons (Fsp3) is 0.204. The highest BCUT2D eigenvalue weighted by Gasteiger charge is 2.52. The molecule has 7 aromatic carbocycles. The molecule has 386 valence electrons. The molecule has 0 unspecified atom stereocenters. The molecule has 0 radical (unpaired) electrons. The summed E-state index contributed by atoms with van der Waals surface area (Å²) in [5, 5.41) is 181. The van der Waals surface area contributed by atoms with E-state index in [1.54, 1.807) is 0 Å². The van der Waals surface area contributed by atoms with Gasteiger partial charge in [-0.25, -0.2) is 0 Å². The van der Waals surface area contributed by atoms with Gasteiger partial charge >= 0.3 is 5.97 Å². The Kier molecular flexibility index (Phi) is 11.2. The summed E-state index contributed by atoms with van der Waals surface area (Å²) in [7, 11) is 0. The lowest BCUT2D eigenvalue weighted by molar-refractivity contribution is -0.135. The Morgan fingerprint density at radius 3 is 1.20 bits per heavy atom. The minimum Gasteiger partial charge on any atom is -0.507 e. The molecule has 0 spiro atoms. The third-order valence-corrected chi connectivity index (χ3v) is 14.4. The molecule has 0 aromatic heterocycles. The number of aliphatic hydroxyl groups excluding tert-OH is 3. The van der Waals surface area contributed by atoms with Crippen LogP contribution >= 0.6 is 0 Å². The molecule has 75 heavy (non-hydrogen) atoms. The van der Waals surface area contributed by atoms with Crippen molar-refractivity contribution in [3.63, 3.8) is 0 Å². The Balaban J connectivity index is 1.19. The van der Waals surface area contributed by atoms with Gasteiger partial charge in [-0.2, -0.15) is 0 Å². The molecular weight excluding hydrogens is 985 g/mol. The van der Waals surface area contributed by atoms with E-state index in [9.17, 15) is 86.5 Å². The van der Waals surface area contributed by atoms with Crippen molar-refractivity contribution in [2.24, 2.45) is 0 Å². The largest absolute Gasteiger partial charge is 0.507 e. The van der Waals surface area contributed by atoms with Gasteiger partial charge in [-0.1, -0.05) is 24.3 Å². The highest BCUT2D eigenvalue weighted by atomic mass is 16.5. The number of aliphatic hydroxyl groups is 3. The van der Waals surface area contributed by atoms with Crippen molar-refractivity contribution in [2.45, 2.75) is 67.2 Å². The van der Waals surface area contributed by atoms with Crippen LogP contribution in [0.25, 0.3) is 0 Å². The monoisotopic (exact) mass is 1030 g/mol. The van der Waals surface area contributed by atoms with E-state index in [-0.39, 0.29) is 68.2 Å². The second-order valence-corrected chi connectivity index (χ2v) is 18.8. The first-order valence-electron chi connectivity index (χ1n) is 23.1. The van der Waals surface area contributed by atoms with Crippen molar-refractivity contribution in [1.29, 1.82) is 0 Å². The molecule has 0 fully saturated rings. The number of hydrogen-bond donors (Lipinski definition) is 16. The van der Waals surface area contributed by atoms with Gasteiger partial charge in [0.15, 0.2) is 58.2 Å². The summed E-state index contributed by atoms with van der Waals surface area (Å²) in [6, 6.07) is 16.9. The van der Waals surface area contributed by atoms with Gasteiger partial charge in [-0.15, -0.1) is 0 Å². The molecule has 0 amide bonds. The van der Waals surface area contributed by atoms with E-state index >= 15 is 0 Å². The first-order valence-corrected chi connectivity index (χ1v) is 23.1. The predicted octanol–water partition coefficient (Wildman–Crippen LogP) is 5.59. The molecule has 0 aliphatic carbocycles. The zero-order valence-corrected chi connectivity index (χ0v) is 38.5. The summed E-state index contributed by atoms with van der Waals surface area (Å²) in [4.78, 5) is 13.3. The normalized spacial score (nSPS) is 23.5. The molecule has 7 aromatic rings. The first-order chi connectivity index (χ1) is 35.7. The third-order valence-electron chi connectivity index (χ3n) is 14.4. The van der Waals surface area contributed by atoms with Crippen LogP contribution in [-0.4, -0.2) is 106 Å². The van der Waals surface area contributed by atoms with Gasteiger partial charge < -0.3 is 101 Å². The zero-order valence-electron chi connectivity index (χ0n) is 38.5. The van der Waals surface area contributed by atoms with E-state index in [4.69, 9.17) is 18.9 Å². The van der Waals surface area contributed by atoms with Crippen LogP contribution < -0.4 is 18.9 Å². The lowest BCUT2D eigenvalue weighted by atomic mass is 9.72. The minimum absolute atomic E-state index is 0.00699. The Morgan fingerprint density at radius 2 is 0.733 bits per heavy atom. The van der Waals surface area contributed by atoms with Crippen LogP contribution in [0.3, 0.4) is 0 Å². The van der Waals surface area contributed by atoms with E-state index in [0.717, 1.165) is 54.6 Å². The lowest BCUT2D eigenvalue weighted by Gasteiger charge is -2.44. The maximum absolute atomic E-state index is 13.3. The van der Waals surface area contributed by atoms with Crippen molar-refractivity contribution in [3.05, 3.63) is 147 Å². The molecule has 21 nitrogen and oxygen atoms in total. The van der Waals surface area contributed by atoms with Gasteiger partial charge in [0.05, 0.1) is 24.4 Å². The maximum atomic E-state index is 13.3. The second kappa shape index (κ2) is 17.4. The molecule has 4 aliphatic heterocycles. The lowest BCUT2D eigenvalue weighted by Crippen LogP contribution is -2.39. The van der Waals surface area contributed by atoms with Gasteiger partial charge in [0, 0.05) is 63.9 Å². The quantitative estimate of drug-likeness (QED) is 0.0548. The van der Waals surface area contributed by atoms with Gasteiger partial charge in [0.25, 0.3) is 0 Å². The number of esters is 1. The predicted molar refractivity (Wildman–Crippen MR) is 254 cm³/mol. The molecule has 16 N–H and O–H groups in total. The van der Waals surface area contributed by atoms with Crippen molar-refractivity contribution in [3.8, 4) is 97.7 Å². The SMILES string of the molecule is O=C1C[C@@H](c2ccc(O)c(O)c2)c2c(cc(O)c3c2O[C@H](c2ccc(O)c(O)c2)[C@H](O)[C@H]3c2c(O)cc(O)c3c2O[C@H](c2ccc(O)c(O)c2)[C@H](O)[C@H]3c2c(O)cc(O)c3c2O[C@H](c2ccc(O)c(O)c2)[C@H](O)C3)O1. The zero-order chi connectivity index (χ0) is 53.2. The number of fused-ring (bicyclic) bond motifs is 5. The number of aromatic hydroxyl groups is 13. The van der Waals surface area contributed by atoms with Crippen molar-refractivity contribution in [2.75, 3.05) is 0 Å². The molecule has 0 saturated heterocycles.